The van der Waals surface area contributed by atoms with Gasteiger partial charge in [-0.1, -0.05) is 268 Å². The fraction of sp³-hybridized carbons (Fsp3) is 0.667. The average molecular weight is 936 g/mol. The molecule has 368 valence electrons. The molecule has 0 aliphatic rings. The summed E-state index contributed by atoms with van der Waals surface area (Å²) in [5.74, 6) is -0.517. The van der Waals surface area contributed by atoms with Crippen LogP contribution >= 0.6 is 0 Å². The summed E-state index contributed by atoms with van der Waals surface area (Å²) in [5, 5.41) is 23.9. The van der Waals surface area contributed by atoms with Gasteiger partial charge in [-0.25, -0.2) is 0 Å². The molecule has 0 aliphatic heterocycles. The van der Waals surface area contributed by atoms with Gasteiger partial charge in [-0.15, -0.1) is 11.5 Å². The Hall–Kier alpha value is -2.91. The largest absolute Gasteiger partial charge is 2.00 e. The molecule has 3 aromatic carbocycles. The Bertz CT molecular complexity index is 1590. The normalized spacial score (nSPS) is 11.6. The number of nitrogens with zero attached hydrogens (tertiary/aromatic N) is 2. The zero-order chi connectivity index (χ0) is 46.1. The van der Waals surface area contributed by atoms with Crippen LogP contribution in [0.4, 0.5) is 11.4 Å². The summed E-state index contributed by atoms with van der Waals surface area (Å²) in [6.45, 7) is 10.7. The Morgan fingerprint density at radius 3 is 1.03 bits per heavy atom. The monoisotopic (exact) mass is 935 g/mol. The first kappa shape index (κ1) is 60.1. The molecule has 0 N–H and O–H groups in total. The predicted molar refractivity (Wildman–Crippen MR) is 280 cm³/mol. The van der Waals surface area contributed by atoms with Gasteiger partial charge in [-0.2, -0.15) is 0 Å². The van der Waals surface area contributed by atoms with Gasteiger partial charge in [0.2, 0.25) is 0 Å². The molecule has 0 aliphatic carbocycles. The molecule has 3 aromatic rings. The minimum absolute atomic E-state index is 0. The first-order chi connectivity index (χ1) is 31.5. The fourth-order valence-electron chi connectivity index (χ4n) is 8.89. The van der Waals surface area contributed by atoms with Crippen LogP contribution in [0.3, 0.4) is 0 Å². The van der Waals surface area contributed by atoms with Gasteiger partial charge < -0.3 is 10.2 Å². The molecule has 0 saturated heterocycles. The minimum atomic E-state index is -0.268. The summed E-state index contributed by atoms with van der Waals surface area (Å²) in [6.07, 6.45) is 45.3. The number of unbranched alkanes of at least 4 members (excludes halogenated alkanes) is 25. The zero-order valence-electron chi connectivity index (χ0n) is 42.6. The summed E-state index contributed by atoms with van der Waals surface area (Å²) >= 11 is 0. The van der Waals surface area contributed by atoms with Gasteiger partial charge in [0, 0.05) is 0 Å². The molecule has 0 spiro atoms. The topological polar surface area (TPSA) is 70.8 Å². The molecule has 0 heterocycles. The van der Waals surface area contributed by atoms with Crippen molar-refractivity contribution in [3.05, 3.63) is 83.4 Å². The van der Waals surface area contributed by atoms with Crippen molar-refractivity contribution >= 4 is 22.8 Å². The van der Waals surface area contributed by atoms with E-state index in [1.165, 1.54) is 178 Å². The van der Waals surface area contributed by atoms with Crippen LogP contribution in [0.25, 0.3) is 0 Å². The maximum absolute atomic E-state index is 12.0. The summed E-state index contributed by atoms with van der Waals surface area (Å²) in [5.41, 5.74) is 7.00. The molecular weight excluding hydrogens is 839 g/mol. The van der Waals surface area contributed by atoms with Gasteiger partial charge in [0.05, 0.1) is 22.8 Å². The second-order valence-corrected chi connectivity index (χ2v) is 18.7. The van der Waals surface area contributed by atoms with Gasteiger partial charge >= 0.3 is 16.5 Å². The molecule has 0 radical (unpaired) electrons. The molecule has 0 atom stereocenters. The molecule has 0 bridgehead atoms. The Labute approximate surface area is 411 Å². The number of benzene rings is 3. The second kappa shape index (κ2) is 42.4. The van der Waals surface area contributed by atoms with E-state index in [1.54, 1.807) is 0 Å². The van der Waals surface area contributed by atoms with Crippen LogP contribution in [0.15, 0.2) is 76.7 Å². The molecule has 65 heavy (non-hydrogen) atoms. The molecular formula is C60H96N2NiO2. The van der Waals surface area contributed by atoms with Gasteiger partial charge in [0.1, 0.15) is 0 Å². The van der Waals surface area contributed by atoms with Gasteiger partial charge in [-0.3, -0.25) is 9.98 Å². The Morgan fingerprint density at radius 1 is 0.354 bits per heavy atom. The molecule has 4 nitrogen and oxygen atoms in total. The third-order valence-corrected chi connectivity index (χ3v) is 12.7. The van der Waals surface area contributed by atoms with E-state index in [1.807, 2.05) is 19.9 Å². The number of hydrogen-bond acceptors (Lipinski definition) is 4. The first-order valence-electron chi connectivity index (χ1n) is 27.3. The maximum Gasteiger partial charge on any atom is 2.00 e. The molecule has 0 saturated carbocycles. The van der Waals surface area contributed by atoms with Crippen molar-refractivity contribution in [3.63, 3.8) is 0 Å². The van der Waals surface area contributed by atoms with Crippen LogP contribution in [-0.4, -0.2) is 11.4 Å². The third kappa shape index (κ3) is 29.5. The number of aliphatic imine (C=N–C) groups is 2. The van der Waals surface area contributed by atoms with E-state index in [0.29, 0.717) is 5.56 Å². The van der Waals surface area contributed by atoms with Crippen molar-refractivity contribution in [2.24, 2.45) is 9.98 Å². The zero-order valence-corrected chi connectivity index (χ0v) is 43.6. The summed E-state index contributed by atoms with van der Waals surface area (Å²) in [4.78, 5) is 10.2. The number of rotatable bonds is 38. The minimum Gasteiger partial charge on any atom is -0.873 e. The predicted octanol–water partition coefficient (Wildman–Crippen LogP) is 18.6. The quantitative estimate of drug-likeness (QED) is 0.0326. The maximum atomic E-state index is 12.0. The fourth-order valence-corrected chi connectivity index (χ4v) is 8.89. The average Bonchev–Trinajstić information content (AvgIpc) is 3.31. The molecule has 3 rings (SSSR count). The van der Waals surface area contributed by atoms with E-state index in [-0.39, 0.29) is 28.0 Å². The first-order valence-corrected chi connectivity index (χ1v) is 27.3. The van der Waals surface area contributed by atoms with Crippen LogP contribution in [0.2, 0.25) is 0 Å². The smallest absolute Gasteiger partial charge is 0.873 e. The Balaban J connectivity index is 0.000000982. The molecule has 0 fully saturated rings. The van der Waals surface area contributed by atoms with E-state index in [0.717, 1.165) is 80.3 Å². The van der Waals surface area contributed by atoms with E-state index in [2.05, 4.69) is 81.4 Å². The van der Waals surface area contributed by atoms with Crippen LogP contribution < -0.4 is 10.2 Å². The van der Waals surface area contributed by atoms with Gasteiger partial charge in [0.25, 0.3) is 0 Å². The summed E-state index contributed by atoms with van der Waals surface area (Å²) in [7, 11) is 0. The van der Waals surface area contributed by atoms with Gasteiger partial charge in [0.15, 0.2) is 0 Å². The van der Waals surface area contributed by atoms with Crippen molar-refractivity contribution in [1.82, 2.24) is 0 Å². The molecule has 0 aromatic heterocycles. The van der Waals surface area contributed by atoms with Crippen molar-refractivity contribution in [2.45, 2.75) is 259 Å². The van der Waals surface area contributed by atoms with E-state index in [9.17, 15) is 10.2 Å². The summed E-state index contributed by atoms with van der Waals surface area (Å²) < 4.78 is 0. The van der Waals surface area contributed by atoms with Crippen LogP contribution in [0.1, 0.15) is 257 Å². The molecule has 0 unspecified atom stereocenters. The number of hydrogen-bond donors (Lipinski definition) is 0. The van der Waals surface area contributed by atoms with Crippen molar-refractivity contribution in [1.29, 1.82) is 0 Å². The summed E-state index contributed by atoms with van der Waals surface area (Å²) in [6, 6.07) is 22.8. The van der Waals surface area contributed by atoms with Crippen LogP contribution in [-0.2, 0) is 35.8 Å². The molecule has 0 amide bonds. The van der Waals surface area contributed by atoms with Gasteiger partial charge in [-0.05, 0) is 74.8 Å². The second-order valence-electron chi connectivity index (χ2n) is 18.7. The van der Waals surface area contributed by atoms with Crippen molar-refractivity contribution in [2.75, 3.05) is 0 Å². The SMILES string of the molecule is CCCCCCCCCCCCCCCCCCCCCCCCCCCC(=Nc1ccccc1)C(CCCC)=Nc1ccccc1.CCCc1cc(CCC)c(CCC)c([O-])c1[O-].[Ni+2]. The van der Waals surface area contributed by atoms with E-state index >= 15 is 0 Å². The van der Waals surface area contributed by atoms with Crippen LogP contribution in [0.5, 0.6) is 11.5 Å². The standard InChI is InChI=1S/C45H74N2.C15H24O2.Ni/c1-3-5-7-8-9-10-11-12-13-14-15-16-17-18-19-20-21-22-23-24-25-26-27-28-35-41-45(47-43-38-33-30-34-39-43)44(40-6-4-2)46-42-36-31-29-32-37-42;1-4-7-11-10-12(8-5-2)14(16)15(17)13(11)9-6-3;/h29-34,36-39H,3-28,35,40-41H2,1-2H3;10,16-17H,4-9H2,1-3H3;/q;;+2/p-2. The number of aryl methyl sites for hydroxylation is 2. The van der Waals surface area contributed by atoms with Crippen molar-refractivity contribution < 1.29 is 26.7 Å². The Morgan fingerprint density at radius 2 is 0.677 bits per heavy atom. The van der Waals surface area contributed by atoms with Crippen molar-refractivity contribution in [3.8, 4) is 11.5 Å². The third-order valence-electron chi connectivity index (χ3n) is 12.7. The van der Waals surface area contributed by atoms with E-state index in [4.69, 9.17) is 9.98 Å². The number of para-hydroxylation sites is 2. The Kier molecular flexibility index (Phi) is 39.3. The molecule has 5 heteroatoms. The van der Waals surface area contributed by atoms with E-state index < -0.39 is 0 Å². The van der Waals surface area contributed by atoms with Crippen LogP contribution in [0, 0.1) is 0 Å².